The summed E-state index contributed by atoms with van der Waals surface area (Å²) in [6.07, 6.45) is 2.01. The quantitative estimate of drug-likeness (QED) is 0.467. The van der Waals surface area contributed by atoms with Gasteiger partial charge in [0.15, 0.2) is 6.10 Å². The molecule has 0 fully saturated rings. The maximum absolute atomic E-state index is 13.4. The zero-order chi connectivity index (χ0) is 22.3. The molecule has 0 aliphatic rings. The molecule has 1 amide bonds. The normalized spacial score (nSPS) is 12.2. The molecule has 0 radical (unpaired) electrons. The first-order valence-corrected chi connectivity index (χ1v) is 9.55. The fraction of sp³-hybridized carbons (Fsp3) is 0.182. The van der Waals surface area contributed by atoms with Crippen LogP contribution in [0.2, 0.25) is 0 Å². The average Bonchev–Trinajstić information content (AvgIpc) is 3.04. The molecule has 1 unspecified atom stereocenters. The van der Waals surface area contributed by atoms with Gasteiger partial charge in [-0.05, 0) is 43.2 Å². The van der Waals surface area contributed by atoms with E-state index in [0.717, 1.165) is 33.8 Å². The lowest BCUT2D eigenvalue weighted by Crippen LogP contribution is -2.21. The van der Waals surface area contributed by atoms with Crippen LogP contribution in [0.3, 0.4) is 0 Å². The van der Waals surface area contributed by atoms with Crippen molar-refractivity contribution in [2.45, 2.75) is 20.0 Å². The summed E-state index contributed by atoms with van der Waals surface area (Å²) in [5, 5.41) is 13.5. The molecule has 0 saturated heterocycles. The first-order valence-electron chi connectivity index (χ1n) is 9.55. The van der Waals surface area contributed by atoms with Crippen LogP contribution in [0.5, 0.6) is 0 Å². The molecule has 8 nitrogen and oxygen atoms in total. The summed E-state index contributed by atoms with van der Waals surface area (Å²) < 4.78 is 15.2. The number of fused-ring (bicyclic) bond motifs is 1. The molecular formula is C22H21FN6O2. The van der Waals surface area contributed by atoms with E-state index in [-0.39, 0.29) is 11.4 Å². The van der Waals surface area contributed by atoms with Crippen molar-refractivity contribution in [2.75, 3.05) is 11.1 Å². The van der Waals surface area contributed by atoms with Gasteiger partial charge in [0.05, 0.1) is 5.39 Å². The molecule has 4 aromatic rings. The minimum atomic E-state index is -1.52. The van der Waals surface area contributed by atoms with Crippen LogP contribution in [0.15, 0.2) is 42.7 Å². The zero-order valence-electron chi connectivity index (χ0n) is 17.2. The lowest BCUT2D eigenvalue weighted by Gasteiger charge is -2.13. The van der Waals surface area contributed by atoms with E-state index >= 15 is 0 Å². The number of halogens is 1. The van der Waals surface area contributed by atoms with Crippen molar-refractivity contribution in [1.29, 1.82) is 0 Å². The van der Waals surface area contributed by atoms with Crippen molar-refractivity contribution < 1.29 is 14.3 Å². The Labute approximate surface area is 177 Å². The first-order chi connectivity index (χ1) is 14.7. The second-order valence-electron chi connectivity index (χ2n) is 7.34. The van der Waals surface area contributed by atoms with Crippen LogP contribution in [0.4, 0.5) is 16.0 Å². The highest BCUT2D eigenvalue weighted by Crippen LogP contribution is 2.34. The lowest BCUT2D eigenvalue weighted by molar-refractivity contribution is -0.124. The molecule has 1 aromatic carbocycles. The highest BCUT2D eigenvalue weighted by Gasteiger charge is 2.20. The minimum absolute atomic E-state index is 0.160. The Bertz CT molecular complexity index is 1320. The largest absolute Gasteiger partial charge is 0.383 e. The number of aryl methyl sites for hydroxylation is 3. The van der Waals surface area contributed by atoms with E-state index in [1.165, 1.54) is 18.2 Å². The summed E-state index contributed by atoms with van der Waals surface area (Å²) in [6, 6.07) is 6.95. The number of benzene rings is 1. The second-order valence-corrected chi connectivity index (χ2v) is 7.34. The van der Waals surface area contributed by atoms with Gasteiger partial charge in [-0.15, -0.1) is 0 Å². The Morgan fingerprint density at radius 2 is 2.00 bits per heavy atom. The number of aliphatic hydroxyl groups is 1. The number of hydrogen-bond acceptors (Lipinski definition) is 6. The summed E-state index contributed by atoms with van der Waals surface area (Å²) in [7, 11) is 1.88. The van der Waals surface area contributed by atoms with E-state index in [1.54, 1.807) is 19.2 Å². The predicted molar refractivity (Wildman–Crippen MR) is 116 cm³/mol. The number of carbonyl (C=O) groups is 1. The fourth-order valence-corrected chi connectivity index (χ4v) is 3.55. The molecule has 0 aliphatic carbocycles. The maximum Gasteiger partial charge on any atom is 0.258 e. The number of hydrogen-bond donors (Lipinski definition) is 3. The molecule has 0 spiro atoms. The third kappa shape index (κ3) is 3.82. The number of aromatic nitrogens is 4. The number of nitrogen functional groups attached to an aromatic ring is 1. The summed E-state index contributed by atoms with van der Waals surface area (Å²) in [5.41, 5.74) is 9.51. The van der Waals surface area contributed by atoms with Crippen LogP contribution in [0, 0.1) is 19.7 Å². The number of anilines is 2. The fourth-order valence-electron chi connectivity index (χ4n) is 3.55. The van der Waals surface area contributed by atoms with Crippen LogP contribution < -0.4 is 11.1 Å². The van der Waals surface area contributed by atoms with Gasteiger partial charge in [0.1, 0.15) is 28.9 Å². The van der Waals surface area contributed by atoms with Gasteiger partial charge in [0.2, 0.25) is 0 Å². The van der Waals surface area contributed by atoms with E-state index in [2.05, 4.69) is 20.3 Å². The monoisotopic (exact) mass is 420 g/mol. The number of nitrogens with two attached hydrogens (primary N) is 1. The summed E-state index contributed by atoms with van der Waals surface area (Å²) in [6.45, 7) is 3.66. The molecule has 9 heteroatoms. The molecule has 158 valence electrons. The van der Waals surface area contributed by atoms with Gasteiger partial charge in [-0.25, -0.2) is 19.3 Å². The number of carbonyl (C=O) groups excluding carboxylic acids is 1. The Hall–Kier alpha value is -3.85. The second kappa shape index (κ2) is 7.77. The van der Waals surface area contributed by atoms with Gasteiger partial charge in [-0.2, -0.15) is 0 Å². The number of pyridine rings is 1. The zero-order valence-corrected chi connectivity index (χ0v) is 17.2. The molecule has 4 rings (SSSR count). The lowest BCUT2D eigenvalue weighted by atomic mass is 10.0. The number of rotatable bonds is 4. The standard InChI is InChI=1S/C22H21FN6O2/c1-11-7-17(28-22(31)19(30)13-5-4-6-14(23)8-13)25-9-15(11)16-10-29(3)21-18(16)20(24)26-12(2)27-21/h4-10,19,30H,1-3H3,(H2,24,26,27)(H,25,28,31). The van der Waals surface area contributed by atoms with Gasteiger partial charge in [0, 0.05) is 30.6 Å². The topological polar surface area (TPSA) is 119 Å². The SMILES string of the molecule is Cc1nc(N)c2c(-c3cnc(NC(=O)C(O)c4cccc(F)c4)cc3C)cn(C)c2n1. The highest BCUT2D eigenvalue weighted by atomic mass is 19.1. The van der Waals surface area contributed by atoms with Crippen LogP contribution in [0.1, 0.15) is 23.1 Å². The number of nitrogens with zero attached hydrogens (tertiary/aromatic N) is 4. The maximum atomic E-state index is 13.4. The van der Waals surface area contributed by atoms with Gasteiger partial charge >= 0.3 is 0 Å². The van der Waals surface area contributed by atoms with Crippen LogP contribution in [-0.4, -0.2) is 30.5 Å². The molecule has 3 heterocycles. The molecule has 0 bridgehead atoms. The highest BCUT2D eigenvalue weighted by molar-refractivity contribution is 6.01. The van der Waals surface area contributed by atoms with Crippen molar-refractivity contribution >= 4 is 28.6 Å². The molecule has 4 N–H and O–H groups in total. The van der Waals surface area contributed by atoms with Crippen molar-refractivity contribution in [3.05, 3.63) is 65.5 Å². The van der Waals surface area contributed by atoms with E-state index in [4.69, 9.17) is 5.73 Å². The smallest absolute Gasteiger partial charge is 0.258 e. The third-order valence-electron chi connectivity index (χ3n) is 5.02. The number of nitrogens with one attached hydrogen (secondary N) is 1. The van der Waals surface area contributed by atoms with Crippen molar-refractivity contribution in [2.24, 2.45) is 7.05 Å². The summed E-state index contributed by atoms with van der Waals surface area (Å²) in [4.78, 5) is 25.4. The molecule has 0 saturated carbocycles. The minimum Gasteiger partial charge on any atom is -0.383 e. The van der Waals surface area contributed by atoms with Crippen molar-refractivity contribution in [3.63, 3.8) is 0 Å². The predicted octanol–water partition coefficient (Wildman–Crippen LogP) is 3.04. The van der Waals surface area contributed by atoms with Gasteiger partial charge < -0.3 is 20.7 Å². The van der Waals surface area contributed by atoms with Gasteiger partial charge in [-0.1, -0.05) is 12.1 Å². The van der Waals surface area contributed by atoms with Crippen LogP contribution in [-0.2, 0) is 11.8 Å². The van der Waals surface area contributed by atoms with E-state index in [9.17, 15) is 14.3 Å². The van der Waals surface area contributed by atoms with Crippen molar-refractivity contribution in [1.82, 2.24) is 19.5 Å². The number of aliphatic hydroxyl groups excluding tert-OH is 1. The van der Waals surface area contributed by atoms with E-state index in [0.29, 0.717) is 11.6 Å². The Morgan fingerprint density at radius 1 is 1.23 bits per heavy atom. The van der Waals surface area contributed by atoms with Crippen LogP contribution in [0.25, 0.3) is 22.2 Å². The summed E-state index contributed by atoms with van der Waals surface area (Å²) in [5.74, 6) is -0.00245. The van der Waals surface area contributed by atoms with E-state index in [1.807, 2.05) is 24.7 Å². The molecule has 31 heavy (non-hydrogen) atoms. The Kier molecular flexibility index (Phi) is 5.12. The Morgan fingerprint density at radius 3 is 2.71 bits per heavy atom. The molecule has 0 aliphatic heterocycles. The molecular weight excluding hydrogens is 399 g/mol. The Balaban J connectivity index is 1.64. The van der Waals surface area contributed by atoms with E-state index < -0.39 is 17.8 Å². The van der Waals surface area contributed by atoms with Crippen molar-refractivity contribution in [3.8, 4) is 11.1 Å². The third-order valence-corrected chi connectivity index (χ3v) is 5.02. The average molecular weight is 420 g/mol. The summed E-state index contributed by atoms with van der Waals surface area (Å²) >= 11 is 0. The first kappa shape index (κ1) is 20.4. The van der Waals surface area contributed by atoms with Gasteiger partial charge in [-0.3, -0.25) is 4.79 Å². The number of amides is 1. The molecule has 3 aromatic heterocycles. The van der Waals surface area contributed by atoms with Gasteiger partial charge in [0.25, 0.3) is 5.91 Å². The molecule has 1 atom stereocenters. The van der Waals surface area contributed by atoms with Crippen LogP contribution >= 0.6 is 0 Å².